The maximum atomic E-state index is 13.2. The van der Waals surface area contributed by atoms with Crippen LogP contribution in [0.3, 0.4) is 0 Å². The fraction of sp³-hybridized carbons (Fsp3) is 0.292. The molecule has 4 rings (SSSR count). The van der Waals surface area contributed by atoms with E-state index in [1.54, 1.807) is 6.92 Å². The SMILES string of the molecule is Cc1ccc(-c2nc(CN3C(=O)N[C@](C)(c4ccc(C(C)C)cc4)C3=O)cs2)cc1. The van der Waals surface area contributed by atoms with Crippen LogP contribution in [0.15, 0.2) is 53.9 Å². The molecule has 1 fully saturated rings. The summed E-state index contributed by atoms with van der Waals surface area (Å²) in [5.74, 6) is 0.152. The highest BCUT2D eigenvalue weighted by Crippen LogP contribution is 2.31. The third-order valence-electron chi connectivity index (χ3n) is 5.60. The predicted molar refractivity (Wildman–Crippen MR) is 119 cm³/mol. The van der Waals surface area contributed by atoms with Crippen molar-refractivity contribution < 1.29 is 9.59 Å². The first kappa shape index (κ1) is 20.3. The summed E-state index contributed by atoms with van der Waals surface area (Å²) >= 11 is 1.51. The second-order valence-electron chi connectivity index (χ2n) is 8.23. The van der Waals surface area contributed by atoms with Gasteiger partial charge in [0.25, 0.3) is 5.91 Å². The van der Waals surface area contributed by atoms with Crippen LogP contribution in [0.2, 0.25) is 0 Å². The number of nitrogens with one attached hydrogen (secondary N) is 1. The Kier molecular flexibility index (Phi) is 5.20. The fourth-order valence-electron chi connectivity index (χ4n) is 3.61. The molecule has 0 bridgehead atoms. The van der Waals surface area contributed by atoms with Crippen molar-refractivity contribution in [1.82, 2.24) is 15.2 Å². The molecule has 3 aromatic rings. The molecule has 1 N–H and O–H groups in total. The number of aromatic nitrogens is 1. The zero-order valence-corrected chi connectivity index (χ0v) is 18.4. The van der Waals surface area contributed by atoms with Gasteiger partial charge in [-0.25, -0.2) is 9.78 Å². The molecule has 0 aliphatic carbocycles. The van der Waals surface area contributed by atoms with E-state index in [0.29, 0.717) is 11.6 Å². The number of rotatable bonds is 5. The van der Waals surface area contributed by atoms with Gasteiger partial charge in [0.2, 0.25) is 0 Å². The molecule has 1 aliphatic rings. The third-order valence-corrected chi connectivity index (χ3v) is 6.54. The highest BCUT2D eigenvalue weighted by atomic mass is 32.1. The van der Waals surface area contributed by atoms with Gasteiger partial charge in [0, 0.05) is 10.9 Å². The zero-order chi connectivity index (χ0) is 21.5. The highest BCUT2D eigenvalue weighted by molar-refractivity contribution is 7.13. The van der Waals surface area contributed by atoms with Gasteiger partial charge in [-0.1, -0.05) is 67.9 Å². The number of imide groups is 1. The summed E-state index contributed by atoms with van der Waals surface area (Å²) in [5.41, 5.74) is 3.84. The molecule has 0 saturated carbocycles. The summed E-state index contributed by atoms with van der Waals surface area (Å²) in [6.45, 7) is 8.21. The molecular formula is C24H25N3O2S. The maximum absolute atomic E-state index is 13.2. The fourth-order valence-corrected chi connectivity index (χ4v) is 4.42. The Morgan fingerprint density at radius 3 is 2.37 bits per heavy atom. The molecule has 30 heavy (non-hydrogen) atoms. The van der Waals surface area contributed by atoms with E-state index in [4.69, 9.17) is 0 Å². The van der Waals surface area contributed by atoms with E-state index >= 15 is 0 Å². The molecule has 0 spiro atoms. The van der Waals surface area contributed by atoms with Crippen molar-refractivity contribution in [1.29, 1.82) is 0 Å². The average molecular weight is 420 g/mol. The van der Waals surface area contributed by atoms with E-state index in [1.165, 1.54) is 27.4 Å². The van der Waals surface area contributed by atoms with Crippen molar-refractivity contribution in [3.05, 3.63) is 76.3 Å². The molecule has 3 amide bonds. The van der Waals surface area contributed by atoms with E-state index in [0.717, 1.165) is 16.1 Å². The molecule has 5 nitrogen and oxygen atoms in total. The van der Waals surface area contributed by atoms with Gasteiger partial charge in [-0.2, -0.15) is 0 Å². The van der Waals surface area contributed by atoms with Crippen molar-refractivity contribution in [3.63, 3.8) is 0 Å². The Bertz CT molecular complexity index is 1090. The van der Waals surface area contributed by atoms with Gasteiger partial charge >= 0.3 is 6.03 Å². The second kappa shape index (κ2) is 7.69. The minimum Gasteiger partial charge on any atom is -0.319 e. The van der Waals surface area contributed by atoms with Crippen LogP contribution in [-0.4, -0.2) is 21.8 Å². The van der Waals surface area contributed by atoms with Gasteiger partial charge in [-0.15, -0.1) is 11.3 Å². The lowest BCUT2D eigenvalue weighted by atomic mass is 9.90. The number of hydrogen-bond donors (Lipinski definition) is 1. The number of urea groups is 1. The lowest BCUT2D eigenvalue weighted by Crippen LogP contribution is -2.40. The molecule has 1 aliphatic heterocycles. The van der Waals surface area contributed by atoms with Crippen LogP contribution in [0.25, 0.3) is 10.6 Å². The number of amides is 3. The van der Waals surface area contributed by atoms with Crippen LogP contribution in [0.4, 0.5) is 4.79 Å². The molecular weight excluding hydrogens is 394 g/mol. The first-order valence-corrected chi connectivity index (χ1v) is 10.9. The van der Waals surface area contributed by atoms with E-state index in [1.807, 2.05) is 60.8 Å². The Morgan fingerprint density at radius 1 is 1.07 bits per heavy atom. The Balaban J connectivity index is 1.54. The quantitative estimate of drug-likeness (QED) is 0.578. The molecule has 1 saturated heterocycles. The average Bonchev–Trinajstić information content (AvgIpc) is 3.28. The van der Waals surface area contributed by atoms with Gasteiger partial charge in [0.15, 0.2) is 0 Å². The standard InChI is InChI=1S/C24H25N3O2S/c1-15(2)17-9-11-19(12-10-17)24(4)22(28)27(23(29)26-24)13-20-14-30-21(25-20)18-7-5-16(3)6-8-18/h5-12,14-15H,13H2,1-4H3,(H,26,29)/t24-/m1/s1. The normalized spacial score (nSPS) is 18.9. The summed E-state index contributed by atoms with van der Waals surface area (Å²) < 4.78 is 0. The Labute approximate surface area is 180 Å². The molecule has 2 heterocycles. The summed E-state index contributed by atoms with van der Waals surface area (Å²) in [6.07, 6.45) is 0. The van der Waals surface area contributed by atoms with Gasteiger partial charge in [0.1, 0.15) is 10.5 Å². The summed E-state index contributed by atoms with van der Waals surface area (Å²) in [7, 11) is 0. The number of benzene rings is 2. The molecule has 1 aromatic heterocycles. The van der Waals surface area contributed by atoms with Crippen LogP contribution in [-0.2, 0) is 16.9 Å². The van der Waals surface area contributed by atoms with Crippen LogP contribution in [0, 0.1) is 6.92 Å². The summed E-state index contributed by atoms with van der Waals surface area (Å²) in [5, 5.41) is 5.66. The zero-order valence-electron chi connectivity index (χ0n) is 17.6. The largest absolute Gasteiger partial charge is 0.325 e. The third kappa shape index (κ3) is 3.63. The van der Waals surface area contributed by atoms with E-state index in [9.17, 15) is 9.59 Å². The number of carbonyl (C=O) groups is 2. The van der Waals surface area contributed by atoms with E-state index in [-0.39, 0.29) is 18.5 Å². The van der Waals surface area contributed by atoms with Crippen molar-refractivity contribution in [2.75, 3.05) is 0 Å². The van der Waals surface area contributed by atoms with E-state index < -0.39 is 5.54 Å². The first-order valence-electron chi connectivity index (χ1n) is 10.0. The monoisotopic (exact) mass is 419 g/mol. The first-order chi connectivity index (χ1) is 14.3. The van der Waals surface area contributed by atoms with Gasteiger partial charge in [0.05, 0.1) is 12.2 Å². The highest BCUT2D eigenvalue weighted by Gasteiger charge is 2.49. The molecule has 0 unspecified atom stereocenters. The van der Waals surface area contributed by atoms with Gasteiger partial charge in [-0.3, -0.25) is 9.69 Å². The summed E-state index contributed by atoms with van der Waals surface area (Å²) in [6, 6.07) is 15.6. The van der Waals surface area contributed by atoms with Crippen molar-refractivity contribution in [2.45, 2.75) is 45.7 Å². The molecule has 154 valence electrons. The lowest BCUT2D eigenvalue weighted by molar-refractivity contribution is -0.131. The smallest absolute Gasteiger partial charge is 0.319 e. The molecule has 0 radical (unpaired) electrons. The number of aryl methyl sites for hydroxylation is 1. The predicted octanol–water partition coefficient (Wildman–Crippen LogP) is 5.21. The van der Waals surface area contributed by atoms with Crippen LogP contribution < -0.4 is 5.32 Å². The molecule has 6 heteroatoms. The Morgan fingerprint density at radius 2 is 1.73 bits per heavy atom. The molecule has 2 aromatic carbocycles. The maximum Gasteiger partial charge on any atom is 0.325 e. The lowest BCUT2D eigenvalue weighted by Gasteiger charge is -2.22. The number of nitrogens with zero attached hydrogens (tertiary/aromatic N) is 2. The number of thiazole rings is 1. The molecule has 1 atom stereocenters. The Hall–Kier alpha value is -2.99. The minimum absolute atomic E-state index is 0.159. The number of hydrogen-bond acceptors (Lipinski definition) is 4. The number of carbonyl (C=O) groups excluding carboxylic acids is 2. The van der Waals surface area contributed by atoms with Crippen LogP contribution in [0.5, 0.6) is 0 Å². The van der Waals surface area contributed by atoms with Gasteiger partial charge in [-0.05, 0) is 30.9 Å². The van der Waals surface area contributed by atoms with Crippen molar-refractivity contribution in [2.24, 2.45) is 0 Å². The minimum atomic E-state index is -1.07. The topological polar surface area (TPSA) is 62.3 Å². The van der Waals surface area contributed by atoms with E-state index in [2.05, 4.69) is 24.1 Å². The second-order valence-corrected chi connectivity index (χ2v) is 9.09. The van der Waals surface area contributed by atoms with Crippen LogP contribution >= 0.6 is 11.3 Å². The van der Waals surface area contributed by atoms with Gasteiger partial charge < -0.3 is 5.32 Å². The van der Waals surface area contributed by atoms with Crippen LogP contribution in [0.1, 0.15) is 49.1 Å². The van der Waals surface area contributed by atoms with Crippen molar-refractivity contribution in [3.8, 4) is 10.6 Å². The van der Waals surface area contributed by atoms with Crippen molar-refractivity contribution >= 4 is 23.3 Å². The summed E-state index contributed by atoms with van der Waals surface area (Å²) in [4.78, 5) is 31.7.